The largest absolute Gasteiger partial charge is 0.316 e. The number of hydrogen-bond acceptors (Lipinski definition) is 2. The van der Waals surface area contributed by atoms with Crippen molar-refractivity contribution in [3.05, 3.63) is 57.3 Å². The van der Waals surface area contributed by atoms with Crippen molar-refractivity contribution < 1.29 is 8.78 Å². The lowest BCUT2D eigenvalue weighted by molar-refractivity contribution is 0.526. The Morgan fingerprint density at radius 2 is 1.85 bits per heavy atom. The van der Waals surface area contributed by atoms with Crippen molar-refractivity contribution in [1.29, 1.82) is 0 Å². The van der Waals surface area contributed by atoms with Crippen molar-refractivity contribution in [2.75, 3.05) is 7.05 Å². The second kappa shape index (κ2) is 6.95. The van der Waals surface area contributed by atoms with Gasteiger partial charge in [-0.25, -0.2) is 8.78 Å². The van der Waals surface area contributed by atoms with Crippen molar-refractivity contribution in [2.24, 2.45) is 0 Å². The van der Waals surface area contributed by atoms with Crippen LogP contribution in [0.25, 0.3) is 0 Å². The molecule has 20 heavy (non-hydrogen) atoms. The number of thiophene rings is 1. The molecule has 1 aromatic heterocycles. The predicted molar refractivity (Wildman–Crippen MR) is 80.3 cm³/mol. The predicted octanol–water partition coefficient (Wildman–Crippen LogP) is 3.96. The Morgan fingerprint density at radius 1 is 1.10 bits per heavy atom. The van der Waals surface area contributed by atoms with E-state index in [0.717, 1.165) is 18.9 Å². The van der Waals surface area contributed by atoms with Crippen LogP contribution in [0.1, 0.15) is 22.2 Å². The van der Waals surface area contributed by atoms with E-state index in [-0.39, 0.29) is 6.04 Å². The van der Waals surface area contributed by atoms with Gasteiger partial charge >= 0.3 is 0 Å². The molecule has 2 rings (SSSR count). The summed E-state index contributed by atoms with van der Waals surface area (Å²) in [4.78, 5) is 2.66. The summed E-state index contributed by atoms with van der Waals surface area (Å²) in [6.07, 6.45) is 2.46. The number of likely N-dealkylation sites (N-methyl/N-ethyl adjacent to an activating group) is 1. The van der Waals surface area contributed by atoms with Crippen molar-refractivity contribution in [2.45, 2.75) is 32.2 Å². The van der Waals surface area contributed by atoms with Crippen LogP contribution in [-0.4, -0.2) is 13.1 Å². The van der Waals surface area contributed by atoms with E-state index >= 15 is 0 Å². The van der Waals surface area contributed by atoms with Crippen LogP contribution in [0.2, 0.25) is 0 Å². The van der Waals surface area contributed by atoms with Gasteiger partial charge in [-0.15, -0.1) is 11.3 Å². The average molecular weight is 295 g/mol. The number of hydrogen-bond donors (Lipinski definition) is 1. The summed E-state index contributed by atoms with van der Waals surface area (Å²) in [5.74, 6) is -0.997. The van der Waals surface area contributed by atoms with Crippen LogP contribution in [0.4, 0.5) is 8.78 Å². The fraction of sp³-hybridized carbons (Fsp3) is 0.375. The molecule has 1 aromatic carbocycles. The van der Waals surface area contributed by atoms with Crippen LogP contribution in [-0.2, 0) is 19.3 Å². The molecular formula is C16H19F2NS. The first-order chi connectivity index (χ1) is 9.62. The first kappa shape index (κ1) is 15.1. The highest BCUT2D eigenvalue weighted by molar-refractivity contribution is 7.11. The second-order valence-electron chi connectivity index (χ2n) is 4.85. The van der Waals surface area contributed by atoms with E-state index in [1.807, 2.05) is 7.05 Å². The molecule has 0 bridgehead atoms. The number of aryl methyl sites for hydroxylation is 1. The third-order valence-corrected chi connectivity index (χ3v) is 4.65. The van der Waals surface area contributed by atoms with Gasteiger partial charge in [0.05, 0.1) is 0 Å². The van der Waals surface area contributed by atoms with Gasteiger partial charge in [0.15, 0.2) is 0 Å². The summed E-state index contributed by atoms with van der Waals surface area (Å²) in [7, 11) is 1.88. The van der Waals surface area contributed by atoms with Crippen molar-refractivity contribution in [1.82, 2.24) is 5.32 Å². The summed E-state index contributed by atoms with van der Waals surface area (Å²) >= 11 is 1.80. The Labute approximate surface area is 122 Å². The molecule has 4 heteroatoms. The van der Waals surface area contributed by atoms with Crippen molar-refractivity contribution in [3.8, 4) is 0 Å². The highest BCUT2D eigenvalue weighted by Crippen LogP contribution is 2.20. The molecule has 0 saturated heterocycles. The van der Waals surface area contributed by atoms with Crippen LogP contribution in [0.15, 0.2) is 30.3 Å². The standard InChI is InChI=1S/C16H19F2NS/c1-3-14-6-7-15(20-14)10-13(19-2)8-11-4-5-12(17)9-16(11)18/h4-7,9,13,19H,3,8,10H2,1-2H3. The normalized spacial score (nSPS) is 12.6. The van der Waals surface area contributed by atoms with Gasteiger partial charge in [0, 0.05) is 21.9 Å². The van der Waals surface area contributed by atoms with Crippen LogP contribution in [0, 0.1) is 11.6 Å². The molecule has 1 heterocycles. The lowest BCUT2D eigenvalue weighted by atomic mass is 10.0. The Balaban J connectivity index is 2.04. The molecule has 1 N–H and O–H groups in total. The van der Waals surface area contributed by atoms with Crippen LogP contribution in [0.3, 0.4) is 0 Å². The zero-order chi connectivity index (χ0) is 14.5. The first-order valence-electron chi connectivity index (χ1n) is 6.81. The smallest absolute Gasteiger partial charge is 0.129 e. The van der Waals surface area contributed by atoms with E-state index in [1.165, 1.54) is 21.9 Å². The molecule has 0 aliphatic rings. The highest BCUT2D eigenvalue weighted by atomic mass is 32.1. The highest BCUT2D eigenvalue weighted by Gasteiger charge is 2.13. The van der Waals surface area contributed by atoms with E-state index in [2.05, 4.69) is 24.4 Å². The average Bonchev–Trinajstić information content (AvgIpc) is 2.88. The minimum atomic E-state index is -0.530. The Morgan fingerprint density at radius 3 is 2.45 bits per heavy atom. The summed E-state index contributed by atoms with van der Waals surface area (Å²) in [5, 5.41) is 3.21. The molecule has 0 amide bonds. The van der Waals surface area contributed by atoms with Crippen molar-refractivity contribution >= 4 is 11.3 Å². The monoisotopic (exact) mass is 295 g/mol. The number of nitrogens with one attached hydrogen (secondary N) is 1. The summed E-state index contributed by atoms with van der Waals surface area (Å²) in [6.45, 7) is 2.14. The van der Waals surface area contributed by atoms with Crippen LogP contribution >= 0.6 is 11.3 Å². The van der Waals surface area contributed by atoms with Gasteiger partial charge in [-0.1, -0.05) is 13.0 Å². The van der Waals surface area contributed by atoms with Gasteiger partial charge in [0.1, 0.15) is 11.6 Å². The maximum Gasteiger partial charge on any atom is 0.129 e. The van der Waals surface area contributed by atoms with E-state index in [1.54, 1.807) is 11.3 Å². The molecule has 1 atom stereocenters. The molecular weight excluding hydrogens is 276 g/mol. The SMILES string of the molecule is CCc1ccc(CC(Cc2ccc(F)cc2F)NC)s1. The summed E-state index contributed by atoms with van der Waals surface area (Å²) < 4.78 is 26.6. The molecule has 0 radical (unpaired) electrons. The third kappa shape index (κ3) is 3.87. The zero-order valence-corrected chi connectivity index (χ0v) is 12.6. The molecule has 2 aromatic rings. The Bertz CT molecular complexity index is 565. The zero-order valence-electron chi connectivity index (χ0n) is 11.7. The van der Waals surface area contributed by atoms with Gasteiger partial charge in [0.2, 0.25) is 0 Å². The van der Waals surface area contributed by atoms with Gasteiger partial charge in [-0.3, -0.25) is 0 Å². The second-order valence-corrected chi connectivity index (χ2v) is 6.10. The van der Waals surface area contributed by atoms with E-state index in [4.69, 9.17) is 0 Å². The first-order valence-corrected chi connectivity index (χ1v) is 7.62. The van der Waals surface area contributed by atoms with Gasteiger partial charge in [-0.05, 0) is 50.1 Å². The number of halogens is 2. The minimum absolute atomic E-state index is 0.151. The minimum Gasteiger partial charge on any atom is -0.316 e. The molecule has 0 aliphatic heterocycles. The Hall–Kier alpha value is -1.26. The topological polar surface area (TPSA) is 12.0 Å². The van der Waals surface area contributed by atoms with E-state index in [0.29, 0.717) is 12.0 Å². The van der Waals surface area contributed by atoms with E-state index in [9.17, 15) is 8.78 Å². The molecule has 0 fully saturated rings. The van der Waals surface area contributed by atoms with Crippen LogP contribution in [0.5, 0.6) is 0 Å². The van der Waals surface area contributed by atoms with E-state index < -0.39 is 11.6 Å². The molecule has 1 nitrogen and oxygen atoms in total. The number of rotatable bonds is 6. The lowest BCUT2D eigenvalue weighted by Gasteiger charge is -2.15. The number of benzene rings is 1. The summed E-state index contributed by atoms with van der Waals surface area (Å²) in [5.41, 5.74) is 0.554. The van der Waals surface area contributed by atoms with Gasteiger partial charge in [0.25, 0.3) is 0 Å². The quantitative estimate of drug-likeness (QED) is 0.850. The van der Waals surface area contributed by atoms with Gasteiger partial charge in [-0.2, -0.15) is 0 Å². The van der Waals surface area contributed by atoms with Crippen molar-refractivity contribution in [3.63, 3.8) is 0 Å². The van der Waals surface area contributed by atoms with Crippen LogP contribution < -0.4 is 5.32 Å². The third-order valence-electron chi connectivity index (χ3n) is 3.40. The summed E-state index contributed by atoms with van der Waals surface area (Å²) in [6, 6.07) is 8.22. The lowest BCUT2D eigenvalue weighted by Crippen LogP contribution is -2.30. The fourth-order valence-corrected chi connectivity index (χ4v) is 3.23. The molecule has 0 saturated carbocycles. The molecule has 1 unspecified atom stereocenters. The molecule has 108 valence electrons. The Kier molecular flexibility index (Phi) is 5.26. The fourth-order valence-electron chi connectivity index (χ4n) is 2.19. The van der Waals surface area contributed by atoms with Gasteiger partial charge < -0.3 is 5.32 Å². The maximum atomic E-state index is 13.7. The molecule has 0 aliphatic carbocycles. The maximum absolute atomic E-state index is 13.7. The molecule has 0 spiro atoms.